The standard InChI is InChI=1S/C12H19N3/c1-3-11(8-10-5-6-10)13-12-7-4-9(2)14-15-12/h4,7,10-11H,3,5-6,8H2,1-2H3,(H,13,15). The molecular weight excluding hydrogens is 186 g/mol. The first-order valence-electron chi connectivity index (χ1n) is 5.84. The summed E-state index contributed by atoms with van der Waals surface area (Å²) in [7, 11) is 0. The van der Waals surface area contributed by atoms with Crippen LogP contribution in [0.2, 0.25) is 0 Å². The van der Waals surface area contributed by atoms with E-state index < -0.39 is 0 Å². The van der Waals surface area contributed by atoms with E-state index >= 15 is 0 Å². The Kier molecular flexibility index (Phi) is 3.19. The third-order valence-corrected chi connectivity index (χ3v) is 2.96. The summed E-state index contributed by atoms with van der Waals surface area (Å²) in [6.07, 6.45) is 5.27. The normalized spacial score (nSPS) is 17.5. The molecule has 1 aliphatic carbocycles. The Morgan fingerprint density at radius 1 is 1.40 bits per heavy atom. The highest BCUT2D eigenvalue weighted by atomic mass is 15.2. The van der Waals surface area contributed by atoms with E-state index in [0.717, 1.165) is 23.9 Å². The summed E-state index contributed by atoms with van der Waals surface area (Å²) in [6, 6.07) is 4.58. The Balaban J connectivity index is 1.89. The lowest BCUT2D eigenvalue weighted by atomic mass is 10.1. The number of aryl methyl sites for hydroxylation is 1. The average Bonchev–Trinajstić information content (AvgIpc) is 3.04. The maximum absolute atomic E-state index is 4.13. The summed E-state index contributed by atoms with van der Waals surface area (Å²) in [5.74, 6) is 1.87. The molecule has 82 valence electrons. The van der Waals surface area contributed by atoms with Crippen LogP contribution in [0.15, 0.2) is 12.1 Å². The first-order chi connectivity index (χ1) is 7.28. The number of nitrogens with zero attached hydrogens (tertiary/aromatic N) is 2. The topological polar surface area (TPSA) is 37.8 Å². The van der Waals surface area contributed by atoms with Gasteiger partial charge in [-0.3, -0.25) is 0 Å². The van der Waals surface area contributed by atoms with Gasteiger partial charge in [0.25, 0.3) is 0 Å². The second kappa shape index (κ2) is 4.60. The molecule has 0 bridgehead atoms. The zero-order chi connectivity index (χ0) is 10.7. The lowest BCUT2D eigenvalue weighted by Crippen LogP contribution is -2.20. The van der Waals surface area contributed by atoms with Gasteiger partial charge in [-0.25, -0.2) is 0 Å². The van der Waals surface area contributed by atoms with Gasteiger partial charge in [-0.1, -0.05) is 19.8 Å². The molecule has 0 spiro atoms. The summed E-state index contributed by atoms with van der Waals surface area (Å²) in [5, 5.41) is 11.6. The Morgan fingerprint density at radius 3 is 2.73 bits per heavy atom. The van der Waals surface area contributed by atoms with E-state index in [1.54, 1.807) is 0 Å². The molecule has 2 rings (SSSR count). The van der Waals surface area contributed by atoms with E-state index in [1.165, 1.54) is 19.3 Å². The molecule has 1 fully saturated rings. The molecule has 3 nitrogen and oxygen atoms in total. The number of aromatic nitrogens is 2. The van der Waals surface area contributed by atoms with E-state index in [-0.39, 0.29) is 0 Å². The van der Waals surface area contributed by atoms with Crippen LogP contribution >= 0.6 is 0 Å². The molecule has 1 aromatic rings. The Morgan fingerprint density at radius 2 is 2.20 bits per heavy atom. The molecule has 1 aromatic heterocycles. The summed E-state index contributed by atoms with van der Waals surface area (Å²) in [4.78, 5) is 0. The maximum atomic E-state index is 4.13. The fraction of sp³-hybridized carbons (Fsp3) is 0.667. The van der Waals surface area contributed by atoms with Crippen LogP contribution in [0.1, 0.15) is 38.3 Å². The first-order valence-corrected chi connectivity index (χ1v) is 5.84. The van der Waals surface area contributed by atoms with Crippen molar-refractivity contribution in [3.63, 3.8) is 0 Å². The predicted molar refractivity (Wildman–Crippen MR) is 61.8 cm³/mol. The smallest absolute Gasteiger partial charge is 0.148 e. The van der Waals surface area contributed by atoms with Gasteiger partial charge < -0.3 is 5.32 Å². The summed E-state index contributed by atoms with van der Waals surface area (Å²) in [5.41, 5.74) is 0.968. The predicted octanol–water partition coefficient (Wildman–Crippen LogP) is 2.78. The number of hydrogen-bond donors (Lipinski definition) is 1. The van der Waals surface area contributed by atoms with Crippen molar-refractivity contribution >= 4 is 5.82 Å². The molecule has 1 atom stereocenters. The van der Waals surface area contributed by atoms with E-state index in [9.17, 15) is 0 Å². The van der Waals surface area contributed by atoms with Crippen LogP contribution in [0.5, 0.6) is 0 Å². The summed E-state index contributed by atoms with van der Waals surface area (Å²) < 4.78 is 0. The molecule has 15 heavy (non-hydrogen) atoms. The molecule has 3 heteroatoms. The van der Waals surface area contributed by atoms with Crippen molar-refractivity contribution in [1.29, 1.82) is 0 Å². The van der Waals surface area contributed by atoms with Crippen molar-refractivity contribution in [2.75, 3.05) is 5.32 Å². The molecule has 0 aliphatic heterocycles. The largest absolute Gasteiger partial charge is 0.366 e. The third-order valence-electron chi connectivity index (χ3n) is 2.96. The van der Waals surface area contributed by atoms with E-state index in [1.807, 2.05) is 19.1 Å². The van der Waals surface area contributed by atoms with Crippen LogP contribution in [0.25, 0.3) is 0 Å². The number of hydrogen-bond acceptors (Lipinski definition) is 3. The fourth-order valence-electron chi connectivity index (χ4n) is 1.77. The molecule has 0 aromatic carbocycles. The minimum Gasteiger partial charge on any atom is -0.366 e. The molecule has 0 amide bonds. The Hall–Kier alpha value is -1.12. The molecule has 0 saturated heterocycles. The highest BCUT2D eigenvalue weighted by molar-refractivity contribution is 5.34. The van der Waals surface area contributed by atoms with Gasteiger partial charge in [0.1, 0.15) is 5.82 Å². The number of nitrogens with one attached hydrogen (secondary N) is 1. The van der Waals surface area contributed by atoms with Gasteiger partial charge in [0, 0.05) is 6.04 Å². The van der Waals surface area contributed by atoms with Gasteiger partial charge in [-0.05, 0) is 37.8 Å². The second-order valence-corrected chi connectivity index (χ2v) is 4.49. The monoisotopic (exact) mass is 205 g/mol. The molecule has 1 N–H and O–H groups in total. The van der Waals surface area contributed by atoms with Gasteiger partial charge in [0.05, 0.1) is 5.69 Å². The van der Waals surface area contributed by atoms with Gasteiger partial charge in [0.15, 0.2) is 0 Å². The van der Waals surface area contributed by atoms with Crippen molar-refractivity contribution in [3.05, 3.63) is 17.8 Å². The Labute approximate surface area is 91.3 Å². The van der Waals surface area contributed by atoms with Crippen LogP contribution in [0, 0.1) is 12.8 Å². The highest BCUT2D eigenvalue weighted by Crippen LogP contribution is 2.34. The van der Waals surface area contributed by atoms with Crippen LogP contribution in [-0.4, -0.2) is 16.2 Å². The molecule has 1 aliphatic rings. The molecule has 1 saturated carbocycles. The zero-order valence-corrected chi connectivity index (χ0v) is 9.53. The molecule has 0 radical (unpaired) electrons. The van der Waals surface area contributed by atoms with Crippen molar-refractivity contribution in [1.82, 2.24) is 10.2 Å². The van der Waals surface area contributed by atoms with Crippen molar-refractivity contribution < 1.29 is 0 Å². The SMILES string of the molecule is CCC(CC1CC1)Nc1ccc(C)nn1. The minimum absolute atomic E-state index is 0.564. The van der Waals surface area contributed by atoms with Crippen molar-refractivity contribution in [2.24, 2.45) is 5.92 Å². The van der Waals surface area contributed by atoms with E-state index in [0.29, 0.717) is 6.04 Å². The molecule has 1 unspecified atom stereocenters. The van der Waals surface area contributed by atoms with Crippen LogP contribution in [0.3, 0.4) is 0 Å². The van der Waals surface area contributed by atoms with Gasteiger partial charge >= 0.3 is 0 Å². The summed E-state index contributed by atoms with van der Waals surface area (Å²) >= 11 is 0. The third kappa shape index (κ3) is 3.18. The van der Waals surface area contributed by atoms with Crippen LogP contribution in [-0.2, 0) is 0 Å². The molecular formula is C12H19N3. The second-order valence-electron chi connectivity index (χ2n) is 4.49. The minimum atomic E-state index is 0.564. The lowest BCUT2D eigenvalue weighted by Gasteiger charge is -2.16. The lowest BCUT2D eigenvalue weighted by molar-refractivity contribution is 0.584. The van der Waals surface area contributed by atoms with Crippen LogP contribution < -0.4 is 5.32 Å². The van der Waals surface area contributed by atoms with Crippen molar-refractivity contribution in [3.8, 4) is 0 Å². The maximum Gasteiger partial charge on any atom is 0.148 e. The van der Waals surface area contributed by atoms with Gasteiger partial charge in [0.2, 0.25) is 0 Å². The summed E-state index contributed by atoms with van der Waals surface area (Å²) in [6.45, 7) is 4.18. The number of anilines is 1. The highest BCUT2D eigenvalue weighted by Gasteiger charge is 2.24. The van der Waals surface area contributed by atoms with Gasteiger partial charge in [-0.15, -0.1) is 5.10 Å². The fourth-order valence-corrected chi connectivity index (χ4v) is 1.77. The Bertz CT molecular complexity index is 303. The average molecular weight is 205 g/mol. The van der Waals surface area contributed by atoms with Crippen LogP contribution in [0.4, 0.5) is 5.82 Å². The quantitative estimate of drug-likeness (QED) is 0.803. The number of rotatable bonds is 5. The van der Waals surface area contributed by atoms with E-state index in [4.69, 9.17) is 0 Å². The van der Waals surface area contributed by atoms with Crippen molar-refractivity contribution in [2.45, 2.75) is 45.6 Å². The van der Waals surface area contributed by atoms with E-state index in [2.05, 4.69) is 22.4 Å². The molecule has 1 heterocycles. The zero-order valence-electron chi connectivity index (χ0n) is 9.53. The van der Waals surface area contributed by atoms with Gasteiger partial charge in [-0.2, -0.15) is 5.10 Å². The first kappa shape index (κ1) is 10.4.